The van der Waals surface area contributed by atoms with E-state index in [9.17, 15) is 9.59 Å². The number of benzene rings is 4. The zero-order valence-electron chi connectivity index (χ0n) is 20.9. The van der Waals surface area contributed by atoms with Gasteiger partial charge < -0.3 is 14.5 Å². The molecule has 0 unspecified atom stereocenters. The lowest BCUT2D eigenvalue weighted by molar-refractivity contribution is 0.0730. The smallest absolute Gasteiger partial charge is 0.347 e. The number of fused-ring (bicyclic) bond motifs is 1. The van der Waals surface area contributed by atoms with E-state index < -0.39 is 11.9 Å². The molecule has 7 nitrogen and oxygen atoms in total. The molecule has 1 aromatic heterocycles. The van der Waals surface area contributed by atoms with Crippen molar-refractivity contribution in [3.8, 4) is 22.6 Å². The molecule has 2 N–H and O–H groups in total. The van der Waals surface area contributed by atoms with Gasteiger partial charge in [0, 0.05) is 42.7 Å². The Balaban J connectivity index is 1.41. The fourth-order valence-corrected chi connectivity index (χ4v) is 4.74. The molecule has 0 spiro atoms. The zero-order chi connectivity index (χ0) is 28.2. The van der Waals surface area contributed by atoms with Crippen molar-refractivity contribution in [3.63, 3.8) is 0 Å². The van der Waals surface area contributed by atoms with Crippen LogP contribution in [0.5, 0.6) is 11.5 Å². The first-order valence-electron chi connectivity index (χ1n) is 11.9. The lowest BCUT2D eigenvalue weighted by Crippen LogP contribution is -2.19. The Morgan fingerprint density at radius 1 is 0.875 bits per heavy atom. The van der Waals surface area contributed by atoms with Gasteiger partial charge in [-0.3, -0.25) is 4.79 Å². The van der Waals surface area contributed by atoms with Crippen LogP contribution in [0.1, 0.15) is 26.4 Å². The van der Waals surface area contributed by atoms with Crippen LogP contribution in [-0.2, 0) is 0 Å². The van der Waals surface area contributed by atoms with Crippen LogP contribution in [0.15, 0.2) is 90.0 Å². The van der Waals surface area contributed by atoms with Gasteiger partial charge in [0.2, 0.25) is 0 Å². The molecular weight excluding hydrogens is 573 g/mol. The molecule has 0 saturated carbocycles. The summed E-state index contributed by atoms with van der Waals surface area (Å²) in [7, 11) is 1.45. The highest BCUT2D eigenvalue weighted by molar-refractivity contribution is 6.35. The predicted molar refractivity (Wildman–Crippen MR) is 158 cm³/mol. The SMILES string of the molecule is COc1ccc(Cl)cc1C(=O)Oc1ccccc1C=NNC(=O)c1[nH]c2ccc(Cl)cc2c1-c1ccccc1Cl. The quantitative estimate of drug-likeness (QED) is 0.0873. The number of carbonyl (C=O) groups excluding carboxylic acids is 2. The van der Waals surface area contributed by atoms with Crippen LogP contribution in [0, 0.1) is 0 Å². The molecule has 0 aliphatic rings. The van der Waals surface area contributed by atoms with E-state index in [2.05, 4.69) is 15.5 Å². The van der Waals surface area contributed by atoms with Gasteiger partial charge in [-0.2, -0.15) is 5.10 Å². The summed E-state index contributed by atoms with van der Waals surface area (Å²) in [6.45, 7) is 0. The molecular formula is C30H20Cl3N3O4. The number of aromatic amines is 1. The third-order valence-corrected chi connectivity index (χ3v) is 6.80. The molecule has 1 amide bonds. The molecule has 5 aromatic rings. The van der Waals surface area contributed by atoms with Crippen LogP contribution in [0.25, 0.3) is 22.0 Å². The van der Waals surface area contributed by atoms with Gasteiger partial charge in [-0.25, -0.2) is 10.2 Å². The number of para-hydroxylation sites is 1. The molecule has 10 heteroatoms. The number of halogens is 3. The number of hydrogen-bond acceptors (Lipinski definition) is 5. The molecule has 0 aliphatic heterocycles. The van der Waals surface area contributed by atoms with Gasteiger partial charge in [-0.1, -0.05) is 65.1 Å². The van der Waals surface area contributed by atoms with Crippen molar-refractivity contribution in [1.82, 2.24) is 10.4 Å². The summed E-state index contributed by atoms with van der Waals surface area (Å²) in [6.07, 6.45) is 1.38. The van der Waals surface area contributed by atoms with E-state index >= 15 is 0 Å². The number of hydrogen-bond donors (Lipinski definition) is 2. The number of methoxy groups -OCH3 is 1. The van der Waals surface area contributed by atoms with Crippen LogP contribution in [-0.4, -0.2) is 30.2 Å². The molecule has 1 heterocycles. The maximum atomic E-state index is 13.3. The summed E-state index contributed by atoms with van der Waals surface area (Å²) in [5.74, 6) is -0.617. The minimum Gasteiger partial charge on any atom is -0.496 e. The number of ether oxygens (including phenoxy) is 2. The van der Waals surface area contributed by atoms with E-state index in [4.69, 9.17) is 44.3 Å². The van der Waals surface area contributed by atoms with Crippen molar-refractivity contribution in [1.29, 1.82) is 0 Å². The number of aromatic nitrogens is 1. The Labute approximate surface area is 244 Å². The number of H-pyrrole nitrogens is 1. The maximum absolute atomic E-state index is 13.3. The van der Waals surface area contributed by atoms with Gasteiger partial charge in [0.25, 0.3) is 5.91 Å². The number of nitrogens with one attached hydrogen (secondary N) is 2. The zero-order valence-corrected chi connectivity index (χ0v) is 23.1. The highest BCUT2D eigenvalue weighted by Gasteiger charge is 2.21. The van der Waals surface area contributed by atoms with Crippen molar-refractivity contribution in [2.45, 2.75) is 0 Å². The Hall–Kier alpha value is -4.30. The second-order valence-electron chi connectivity index (χ2n) is 8.52. The van der Waals surface area contributed by atoms with Gasteiger partial charge in [0.1, 0.15) is 22.8 Å². The number of amides is 1. The molecule has 0 saturated heterocycles. The first kappa shape index (κ1) is 27.3. The first-order chi connectivity index (χ1) is 19.4. The van der Waals surface area contributed by atoms with Gasteiger partial charge in [0.15, 0.2) is 0 Å². The highest BCUT2D eigenvalue weighted by atomic mass is 35.5. The van der Waals surface area contributed by atoms with Gasteiger partial charge in [-0.15, -0.1) is 0 Å². The van der Waals surface area contributed by atoms with Crippen LogP contribution in [0.2, 0.25) is 15.1 Å². The van der Waals surface area contributed by atoms with Crippen molar-refractivity contribution in [2.24, 2.45) is 5.10 Å². The Morgan fingerprint density at radius 3 is 2.40 bits per heavy atom. The van der Waals surface area contributed by atoms with Crippen LogP contribution >= 0.6 is 34.8 Å². The lowest BCUT2D eigenvalue weighted by Gasteiger charge is -2.10. The van der Waals surface area contributed by atoms with E-state index in [0.717, 1.165) is 5.39 Å². The van der Waals surface area contributed by atoms with E-state index in [-0.39, 0.29) is 17.0 Å². The summed E-state index contributed by atoms with van der Waals surface area (Å²) in [5, 5.41) is 6.21. The molecule has 0 atom stereocenters. The summed E-state index contributed by atoms with van der Waals surface area (Å²) in [4.78, 5) is 29.3. The Kier molecular flexibility index (Phi) is 8.07. The second kappa shape index (κ2) is 11.8. The molecule has 0 fully saturated rings. The second-order valence-corrected chi connectivity index (χ2v) is 9.80. The van der Waals surface area contributed by atoms with Gasteiger partial charge >= 0.3 is 5.97 Å². The summed E-state index contributed by atoms with van der Waals surface area (Å²) in [6, 6.07) is 23.9. The third kappa shape index (κ3) is 5.67. The van der Waals surface area contributed by atoms with Crippen molar-refractivity contribution >= 4 is 63.8 Å². The number of hydrazone groups is 1. The fourth-order valence-electron chi connectivity index (χ4n) is 4.17. The summed E-state index contributed by atoms with van der Waals surface area (Å²) >= 11 is 18.8. The average molecular weight is 593 g/mol. The average Bonchev–Trinajstić information content (AvgIpc) is 3.32. The monoisotopic (exact) mass is 591 g/mol. The van der Waals surface area contributed by atoms with E-state index in [1.807, 2.05) is 18.2 Å². The molecule has 0 aliphatic carbocycles. The highest BCUT2D eigenvalue weighted by Crippen LogP contribution is 2.37. The minimum absolute atomic E-state index is 0.168. The summed E-state index contributed by atoms with van der Waals surface area (Å²) in [5.41, 5.74) is 5.39. The largest absolute Gasteiger partial charge is 0.496 e. The third-order valence-electron chi connectivity index (χ3n) is 6.00. The lowest BCUT2D eigenvalue weighted by atomic mass is 10.0. The fraction of sp³-hybridized carbons (Fsp3) is 0.0333. The molecule has 0 radical (unpaired) electrons. The van der Waals surface area contributed by atoms with Gasteiger partial charge in [-0.05, 0) is 54.6 Å². The van der Waals surface area contributed by atoms with E-state index in [0.29, 0.717) is 43.0 Å². The normalized spacial score (nSPS) is 11.1. The topological polar surface area (TPSA) is 92.8 Å². The standard InChI is InChI=1S/C30H20Cl3N3O4/c1-39-26-13-11-19(32)15-22(26)30(38)40-25-9-5-2-6-17(25)16-34-36-29(37)28-27(20-7-3-4-8-23(20)33)21-14-18(31)10-12-24(21)35-28/h2-16,35H,1H3,(H,36,37). The molecule has 200 valence electrons. The van der Waals surface area contributed by atoms with Gasteiger partial charge in [0.05, 0.1) is 13.3 Å². The van der Waals surface area contributed by atoms with Crippen molar-refractivity contribution in [2.75, 3.05) is 7.11 Å². The molecule has 4 aromatic carbocycles. The van der Waals surface area contributed by atoms with Crippen LogP contribution < -0.4 is 14.9 Å². The summed E-state index contributed by atoms with van der Waals surface area (Å²) < 4.78 is 10.8. The molecule has 0 bridgehead atoms. The predicted octanol–water partition coefficient (Wildman–Crippen LogP) is 7.79. The van der Waals surface area contributed by atoms with Crippen molar-refractivity contribution in [3.05, 3.63) is 117 Å². The van der Waals surface area contributed by atoms with E-state index in [1.54, 1.807) is 60.7 Å². The van der Waals surface area contributed by atoms with Crippen molar-refractivity contribution < 1.29 is 19.1 Å². The Morgan fingerprint density at radius 2 is 1.60 bits per heavy atom. The number of rotatable bonds is 7. The minimum atomic E-state index is -0.662. The van der Waals surface area contributed by atoms with Crippen LogP contribution in [0.3, 0.4) is 0 Å². The maximum Gasteiger partial charge on any atom is 0.347 e. The molecule has 40 heavy (non-hydrogen) atoms. The number of nitrogens with zero attached hydrogens (tertiary/aromatic N) is 1. The Bertz CT molecular complexity index is 1780. The van der Waals surface area contributed by atoms with Crippen LogP contribution in [0.4, 0.5) is 0 Å². The number of esters is 1. The first-order valence-corrected chi connectivity index (χ1v) is 13.0. The number of carbonyl (C=O) groups is 2. The molecule has 5 rings (SSSR count). The van der Waals surface area contributed by atoms with E-state index in [1.165, 1.54) is 19.4 Å².